The van der Waals surface area contributed by atoms with Crippen molar-refractivity contribution in [2.24, 2.45) is 5.92 Å². The second-order valence-electron chi connectivity index (χ2n) is 7.90. The van der Waals surface area contributed by atoms with E-state index >= 15 is 0 Å². The van der Waals surface area contributed by atoms with Crippen LogP contribution in [0, 0.1) is 5.92 Å². The normalized spacial score (nSPS) is 17.6. The number of hydrogen-bond donors (Lipinski definition) is 0. The molecule has 1 saturated heterocycles. The summed E-state index contributed by atoms with van der Waals surface area (Å²) in [5.74, 6) is -1.59. The summed E-state index contributed by atoms with van der Waals surface area (Å²) < 4.78 is 11.7. The predicted octanol–water partition coefficient (Wildman–Crippen LogP) is 2.27. The molecule has 172 valence electrons. The first-order chi connectivity index (χ1) is 16.3. The Labute approximate surface area is 197 Å². The summed E-state index contributed by atoms with van der Waals surface area (Å²) in [5.41, 5.74) is 0.348. The molecule has 10 nitrogen and oxygen atoms in total. The molecule has 3 aromatic rings. The van der Waals surface area contributed by atoms with E-state index < -0.39 is 29.0 Å². The standard InChI is InChI=1S/C23H17ClN4O6/c1-33-15-4-5-18-16(8-15)21(30)22(31)28(18)10-14-9-27(26-25-14)11-19(29)17-6-12-2-3-13(24)7-20(12)34-23(17)32/h2-7,9,16H,8,10-11H2,1H3. The number of aromatic nitrogens is 3. The fourth-order valence-corrected chi connectivity index (χ4v) is 4.21. The topological polar surface area (TPSA) is 125 Å². The van der Waals surface area contributed by atoms with E-state index in [1.165, 1.54) is 35.0 Å². The number of amides is 1. The molecular formula is C23H17ClN4O6. The van der Waals surface area contributed by atoms with Crippen LogP contribution in [-0.4, -0.2) is 44.5 Å². The largest absolute Gasteiger partial charge is 0.501 e. The Hall–Kier alpha value is -4.05. The SMILES string of the molecule is COC1=CC=C2C(C1)C(=O)C(=O)N2Cc1cn(CC(=O)c2cc3ccc(Cl)cc3oc2=O)nn1. The van der Waals surface area contributed by atoms with Crippen LogP contribution >= 0.6 is 11.6 Å². The monoisotopic (exact) mass is 480 g/mol. The van der Waals surface area contributed by atoms with Crippen LogP contribution in [0.15, 0.2) is 63.3 Å². The molecule has 5 rings (SSSR count). The number of methoxy groups -OCH3 is 1. The average Bonchev–Trinajstić information content (AvgIpc) is 3.36. The van der Waals surface area contributed by atoms with Gasteiger partial charge in [-0.3, -0.25) is 14.4 Å². The van der Waals surface area contributed by atoms with E-state index in [1.807, 2.05) is 0 Å². The summed E-state index contributed by atoms with van der Waals surface area (Å²) in [5, 5.41) is 8.90. The highest BCUT2D eigenvalue weighted by atomic mass is 35.5. The number of carbonyl (C=O) groups excluding carboxylic acids is 3. The van der Waals surface area contributed by atoms with Crippen molar-refractivity contribution in [3.05, 3.63) is 80.8 Å². The van der Waals surface area contributed by atoms with Gasteiger partial charge in [-0.05, 0) is 30.4 Å². The molecular weight excluding hydrogens is 464 g/mol. The summed E-state index contributed by atoms with van der Waals surface area (Å²) in [6, 6.07) is 6.23. The minimum absolute atomic E-state index is 0.0239. The number of ketones is 2. The molecule has 1 fully saturated rings. The quantitative estimate of drug-likeness (QED) is 0.299. The number of Topliss-reactive ketones (excluding diaryl/α,β-unsaturated/α-hetero) is 2. The Balaban J connectivity index is 1.33. The van der Waals surface area contributed by atoms with E-state index in [0.29, 0.717) is 34.0 Å². The van der Waals surface area contributed by atoms with Gasteiger partial charge >= 0.3 is 5.63 Å². The van der Waals surface area contributed by atoms with Gasteiger partial charge in [0.2, 0.25) is 5.78 Å². The van der Waals surface area contributed by atoms with Crippen LogP contribution in [0.3, 0.4) is 0 Å². The molecule has 3 heterocycles. The van der Waals surface area contributed by atoms with Gasteiger partial charge in [0.05, 0.1) is 31.5 Å². The Morgan fingerprint density at radius 2 is 2.06 bits per heavy atom. The lowest BCUT2D eigenvalue weighted by Gasteiger charge is -2.21. The molecule has 34 heavy (non-hydrogen) atoms. The summed E-state index contributed by atoms with van der Waals surface area (Å²) in [6.07, 6.45) is 5.23. The molecule has 1 atom stereocenters. The Morgan fingerprint density at radius 1 is 1.24 bits per heavy atom. The first-order valence-electron chi connectivity index (χ1n) is 10.3. The van der Waals surface area contributed by atoms with Crippen molar-refractivity contribution in [3.8, 4) is 0 Å². The summed E-state index contributed by atoms with van der Waals surface area (Å²) >= 11 is 5.91. The van der Waals surface area contributed by atoms with E-state index in [0.717, 1.165) is 0 Å². The maximum atomic E-state index is 12.7. The van der Waals surface area contributed by atoms with E-state index in [4.69, 9.17) is 20.8 Å². The fraction of sp³-hybridized carbons (Fsp3) is 0.217. The molecule has 2 aliphatic rings. The van der Waals surface area contributed by atoms with Gasteiger partial charge in [-0.1, -0.05) is 16.8 Å². The van der Waals surface area contributed by atoms with Crippen LogP contribution in [0.5, 0.6) is 0 Å². The van der Waals surface area contributed by atoms with Gasteiger partial charge in [-0.25, -0.2) is 9.48 Å². The van der Waals surface area contributed by atoms with Crippen LogP contribution in [0.1, 0.15) is 22.5 Å². The highest BCUT2D eigenvalue weighted by Crippen LogP contribution is 2.35. The number of fused-ring (bicyclic) bond motifs is 2. The number of carbonyl (C=O) groups is 3. The molecule has 1 aliphatic heterocycles. The fourth-order valence-electron chi connectivity index (χ4n) is 4.05. The number of halogens is 1. The van der Waals surface area contributed by atoms with E-state index in [9.17, 15) is 19.2 Å². The van der Waals surface area contributed by atoms with Gasteiger partial charge in [0.1, 0.15) is 23.4 Å². The Kier molecular flexibility index (Phi) is 5.37. The molecule has 2 aromatic heterocycles. The lowest BCUT2D eigenvalue weighted by molar-refractivity contribution is -0.140. The van der Waals surface area contributed by atoms with Crippen molar-refractivity contribution in [2.75, 3.05) is 7.11 Å². The summed E-state index contributed by atoms with van der Waals surface area (Å²) in [4.78, 5) is 51.3. The first-order valence-corrected chi connectivity index (χ1v) is 10.7. The third-order valence-electron chi connectivity index (χ3n) is 5.76. The maximum absolute atomic E-state index is 12.7. The number of allylic oxidation sites excluding steroid dienone is 4. The van der Waals surface area contributed by atoms with Crippen molar-refractivity contribution in [1.29, 1.82) is 0 Å². The zero-order valence-corrected chi connectivity index (χ0v) is 18.6. The third-order valence-corrected chi connectivity index (χ3v) is 5.99. The molecule has 1 amide bonds. The third kappa shape index (κ3) is 3.81. The molecule has 1 aliphatic carbocycles. The highest BCUT2D eigenvalue weighted by Gasteiger charge is 2.44. The molecule has 0 spiro atoms. The van der Waals surface area contributed by atoms with Crippen LogP contribution in [-0.2, 0) is 27.4 Å². The summed E-state index contributed by atoms with van der Waals surface area (Å²) in [7, 11) is 1.51. The number of benzene rings is 1. The Bertz CT molecular complexity index is 1480. The van der Waals surface area contributed by atoms with Crippen LogP contribution in [0.25, 0.3) is 11.0 Å². The zero-order valence-electron chi connectivity index (χ0n) is 17.9. The number of hydrogen-bond acceptors (Lipinski definition) is 8. The van der Waals surface area contributed by atoms with Crippen molar-refractivity contribution in [2.45, 2.75) is 19.5 Å². The molecule has 0 bridgehead atoms. The maximum Gasteiger partial charge on any atom is 0.347 e. The van der Waals surface area contributed by atoms with Gasteiger partial charge in [0.15, 0.2) is 5.78 Å². The van der Waals surface area contributed by atoms with E-state index in [2.05, 4.69) is 10.3 Å². The number of rotatable bonds is 6. The average molecular weight is 481 g/mol. The second kappa shape index (κ2) is 8.38. The predicted molar refractivity (Wildman–Crippen MR) is 119 cm³/mol. The molecule has 0 radical (unpaired) electrons. The molecule has 11 heteroatoms. The van der Waals surface area contributed by atoms with Crippen molar-refractivity contribution in [3.63, 3.8) is 0 Å². The van der Waals surface area contributed by atoms with Gasteiger partial charge in [-0.15, -0.1) is 5.10 Å². The minimum Gasteiger partial charge on any atom is -0.501 e. The van der Waals surface area contributed by atoms with Gasteiger partial charge in [0, 0.05) is 28.6 Å². The van der Waals surface area contributed by atoms with Gasteiger partial charge in [-0.2, -0.15) is 0 Å². The van der Waals surface area contributed by atoms with Crippen molar-refractivity contribution in [1.82, 2.24) is 19.9 Å². The van der Waals surface area contributed by atoms with Crippen molar-refractivity contribution >= 4 is 40.0 Å². The molecule has 0 N–H and O–H groups in total. The van der Waals surface area contributed by atoms with E-state index in [-0.39, 0.29) is 24.2 Å². The molecule has 1 aromatic carbocycles. The first kappa shape index (κ1) is 21.8. The lowest BCUT2D eigenvalue weighted by Crippen LogP contribution is -2.26. The second-order valence-corrected chi connectivity index (χ2v) is 8.34. The van der Waals surface area contributed by atoms with Crippen LogP contribution in [0.2, 0.25) is 5.02 Å². The smallest absolute Gasteiger partial charge is 0.347 e. The van der Waals surface area contributed by atoms with Gasteiger partial charge < -0.3 is 14.1 Å². The zero-order chi connectivity index (χ0) is 24.0. The minimum atomic E-state index is -0.778. The van der Waals surface area contributed by atoms with Crippen LogP contribution < -0.4 is 5.63 Å². The summed E-state index contributed by atoms with van der Waals surface area (Å²) in [6.45, 7) is -0.231. The van der Waals surface area contributed by atoms with Crippen molar-refractivity contribution < 1.29 is 23.5 Å². The number of ether oxygens (including phenoxy) is 1. The highest BCUT2D eigenvalue weighted by molar-refractivity contribution is 6.40. The van der Waals surface area contributed by atoms with Gasteiger partial charge in [0.25, 0.3) is 5.91 Å². The number of likely N-dealkylation sites (tertiary alicyclic amines) is 1. The molecule has 1 unspecified atom stereocenters. The van der Waals surface area contributed by atoms with E-state index in [1.54, 1.807) is 24.3 Å². The Morgan fingerprint density at radius 3 is 2.85 bits per heavy atom. The van der Waals surface area contributed by atoms with Crippen LogP contribution in [0.4, 0.5) is 0 Å². The number of nitrogens with zero attached hydrogens (tertiary/aromatic N) is 4. The lowest BCUT2D eigenvalue weighted by atomic mass is 9.94. The molecule has 0 saturated carbocycles.